The molecular weight excluding hydrogens is 230 g/mol. The van der Waals surface area contributed by atoms with Crippen molar-refractivity contribution >= 4 is 23.1 Å². The van der Waals surface area contributed by atoms with Gasteiger partial charge in [-0.15, -0.1) is 8.20 Å². The quantitative estimate of drug-likeness (QED) is 0.609. The average molecular weight is 256 g/mol. The van der Waals surface area contributed by atoms with E-state index >= 15 is 0 Å². The van der Waals surface area contributed by atoms with Crippen LogP contribution < -0.4 is 0 Å². The average Bonchev–Trinajstić information content (AvgIpc) is 2.75. The molecule has 1 saturated carbocycles. The van der Waals surface area contributed by atoms with Gasteiger partial charge in [0.05, 0.1) is 0 Å². The first-order valence-electron chi connectivity index (χ1n) is 6.26. The zero-order chi connectivity index (χ0) is 12.3. The topological polar surface area (TPSA) is 0 Å². The molecule has 16 heavy (non-hydrogen) atoms. The number of allylic oxidation sites excluding steroid dienone is 2. The Morgan fingerprint density at radius 2 is 1.94 bits per heavy atom. The molecule has 2 unspecified atom stereocenters. The summed E-state index contributed by atoms with van der Waals surface area (Å²) in [5.41, 5.74) is 2.84. The maximum Gasteiger partial charge on any atom is 0.00396 e. The van der Waals surface area contributed by atoms with Crippen LogP contribution in [0.15, 0.2) is 10.9 Å². The van der Waals surface area contributed by atoms with Crippen LogP contribution in [0.1, 0.15) is 47.0 Å². The van der Waals surface area contributed by atoms with Gasteiger partial charge in [-0.2, -0.15) is 0 Å². The van der Waals surface area contributed by atoms with Gasteiger partial charge in [-0.05, 0) is 44.7 Å². The Balaban J connectivity index is 2.96. The number of hydrogen-bond donors (Lipinski definition) is 0. The molecular formula is C14H26P2. The lowest BCUT2D eigenvalue weighted by Crippen LogP contribution is -2.29. The summed E-state index contributed by atoms with van der Waals surface area (Å²) in [4.78, 5) is 0. The molecule has 0 aromatic carbocycles. The molecule has 0 spiro atoms. The third kappa shape index (κ3) is 2.77. The van der Waals surface area contributed by atoms with Crippen molar-refractivity contribution in [2.24, 2.45) is 11.3 Å². The molecule has 1 fully saturated rings. The van der Waals surface area contributed by atoms with Crippen molar-refractivity contribution in [3.8, 4) is 0 Å². The molecule has 0 saturated heterocycles. The molecule has 0 N–H and O–H groups in total. The fourth-order valence-electron chi connectivity index (χ4n) is 2.95. The normalized spacial score (nSPS) is 29.1. The molecule has 0 heterocycles. The van der Waals surface area contributed by atoms with Crippen molar-refractivity contribution in [2.75, 3.05) is 6.66 Å². The lowest BCUT2D eigenvalue weighted by atomic mass is 9.72. The second kappa shape index (κ2) is 5.79. The predicted molar refractivity (Wildman–Crippen MR) is 81.6 cm³/mol. The molecule has 2 heteroatoms. The molecule has 92 valence electrons. The van der Waals surface area contributed by atoms with Crippen LogP contribution >= 0.6 is 16.8 Å². The molecule has 1 aliphatic carbocycles. The van der Waals surface area contributed by atoms with E-state index in [9.17, 15) is 0 Å². The fourth-order valence-corrected chi connectivity index (χ4v) is 4.79. The van der Waals surface area contributed by atoms with Crippen molar-refractivity contribution in [3.63, 3.8) is 0 Å². The molecule has 0 aromatic heterocycles. The Bertz CT molecular complexity index is 289. The zero-order valence-corrected chi connectivity index (χ0v) is 13.3. The van der Waals surface area contributed by atoms with E-state index in [0.717, 1.165) is 20.2 Å². The maximum absolute atomic E-state index is 4.11. The van der Waals surface area contributed by atoms with Gasteiger partial charge < -0.3 is 0 Å². The minimum absolute atomic E-state index is 0.374. The Labute approximate surface area is 105 Å². The predicted octanol–water partition coefficient (Wildman–Crippen LogP) is 5.16. The largest absolute Gasteiger partial charge is 0.109 e. The van der Waals surface area contributed by atoms with Gasteiger partial charge in [0.2, 0.25) is 0 Å². The molecule has 0 radical (unpaired) electrons. The third-order valence-corrected chi connectivity index (χ3v) is 6.76. The lowest BCUT2D eigenvalue weighted by Gasteiger charge is -2.37. The summed E-state index contributed by atoms with van der Waals surface area (Å²) in [5, 5.41) is 1.61. The highest BCUT2D eigenvalue weighted by Crippen LogP contribution is 2.49. The summed E-state index contributed by atoms with van der Waals surface area (Å²) in [6.45, 7) is 11.8. The minimum atomic E-state index is 0.374. The molecule has 1 aliphatic rings. The summed E-state index contributed by atoms with van der Waals surface area (Å²) in [5.74, 6) is 0.845. The van der Waals surface area contributed by atoms with Crippen LogP contribution in [0.4, 0.5) is 0 Å². The summed E-state index contributed by atoms with van der Waals surface area (Å²) >= 11 is 0. The molecule has 0 aromatic rings. The van der Waals surface area contributed by atoms with Gasteiger partial charge in [0, 0.05) is 5.66 Å². The molecule has 1 rings (SSSR count). The Morgan fingerprint density at radius 3 is 2.44 bits per heavy atom. The second-order valence-electron chi connectivity index (χ2n) is 5.51. The summed E-state index contributed by atoms with van der Waals surface area (Å²) < 4.78 is 0. The van der Waals surface area contributed by atoms with E-state index in [1.54, 1.807) is 10.9 Å². The van der Waals surface area contributed by atoms with Gasteiger partial charge in [-0.3, -0.25) is 0 Å². The minimum Gasteiger partial charge on any atom is -0.109 e. The molecule has 3 atom stereocenters. The Morgan fingerprint density at radius 1 is 1.31 bits per heavy atom. The smallest absolute Gasteiger partial charge is 0.00396 e. The Kier molecular flexibility index (Phi) is 5.21. The summed E-state index contributed by atoms with van der Waals surface area (Å²) in [7, 11) is 2.31. The standard InChI is InChI=1S/C14H26P2/c1-10(11(2)15-5)14(3,4)12-8-7-9-13(12)16-6/h12-13,15H,6-9H2,1-5H3/b11-10-/t12-,13?/m1/s1. The number of rotatable bonds is 4. The van der Waals surface area contributed by atoms with Gasteiger partial charge in [0.25, 0.3) is 0 Å². The van der Waals surface area contributed by atoms with Crippen molar-refractivity contribution in [1.29, 1.82) is 0 Å². The van der Waals surface area contributed by atoms with E-state index in [1.807, 2.05) is 0 Å². The Hall–Kier alpha value is 0.340. The van der Waals surface area contributed by atoms with Gasteiger partial charge >= 0.3 is 0 Å². The van der Waals surface area contributed by atoms with Gasteiger partial charge in [-0.25, -0.2) is 0 Å². The van der Waals surface area contributed by atoms with E-state index in [4.69, 9.17) is 0 Å². The van der Waals surface area contributed by atoms with Crippen molar-refractivity contribution < 1.29 is 0 Å². The van der Waals surface area contributed by atoms with Gasteiger partial charge in [-0.1, -0.05) is 46.0 Å². The fraction of sp³-hybridized carbons (Fsp3) is 0.786. The highest BCUT2D eigenvalue weighted by Gasteiger charge is 2.39. The van der Waals surface area contributed by atoms with Crippen molar-refractivity contribution in [2.45, 2.75) is 52.6 Å². The first-order chi connectivity index (χ1) is 7.45. The van der Waals surface area contributed by atoms with Crippen LogP contribution in [0.25, 0.3) is 0 Å². The lowest BCUT2D eigenvalue weighted by molar-refractivity contribution is 0.274. The zero-order valence-electron chi connectivity index (χ0n) is 11.4. The molecule has 0 aliphatic heterocycles. The van der Waals surface area contributed by atoms with E-state index in [1.165, 1.54) is 27.5 Å². The van der Waals surface area contributed by atoms with Crippen molar-refractivity contribution in [1.82, 2.24) is 0 Å². The van der Waals surface area contributed by atoms with Crippen LogP contribution in [0.2, 0.25) is 0 Å². The van der Waals surface area contributed by atoms with Crippen LogP contribution in [-0.4, -0.2) is 18.6 Å². The highest BCUT2D eigenvalue weighted by atomic mass is 31.1. The first-order valence-corrected chi connectivity index (χ1v) is 8.91. The second-order valence-corrected chi connectivity index (χ2v) is 7.79. The SMILES string of the molecule is C=PC1CCC[C@H]1C(C)(C)/C(C)=C(/C)PC. The summed E-state index contributed by atoms with van der Waals surface area (Å²) in [6.07, 6.45) is 8.31. The maximum atomic E-state index is 4.11. The van der Waals surface area contributed by atoms with E-state index in [-0.39, 0.29) is 0 Å². The number of hydrogen-bond acceptors (Lipinski definition) is 0. The van der Waals surface area contributed by atoms with E-state index in [0.29, 0.717) is 5.41 Å². The molecule has 0 bridgehead atoms. The molecule has 0 amide bonds. The van der Waals surface area contributed by atoms with Crippen LogP contribution in [0.3, 0.4) is 0 Å². The summed E-state index contributed by atoms with van der Waals surface area (Å²) in [6, 6.07) is 0. The molecule has 0 nitrogen and oxygen atoms in total. The first kappa shape index (κ1) is 14.4. The van der Waals surface area contributed by atoms with Crippen molar-refractivity contribution in [3.05, 3.63) is 10.9 Å². The van der Waals surface area contributed by atoms with E-state index < -0.39 is 0 Å². The van der Waals surface area contributed by atoms with Crippen LogP contribution in [-0.2, 0) is 0 Å². The monoisotopic (exact) mass is 256 g/mol. The van der Waals surface area contributed by atoms with Gasteiger partial charge in [0.15, 0.2) is 0 Å². The highest BCUT2D eigenvalue weighted by molar-refractivity contribution is 7.42. The van der Waals surface area contributed by atoms with Gasteiger partial charge in [0.1, 0.15) is 0 Å². The van der Waals surface area contributed by atoms with Crippen LogP contribution in [0.5, 0.6) is 0 Å². The van der Waals surface area contributed by atoms with Crippen LogP contribution in [0, 0.1) is 11.3 Å². The third-order valence-electron chi connectivity index (χ3n) is 4.54. The van der Waals surface area contributed by atoms with E-state index in [2.05, 4.69) is 40.7 Å².